The van der Waals surface area contributed by atoms with Crippen LogP contribution >= 0.6 is 0 Å². The van der Waals surface area contributed by atoms with Crippen molar-refractivity contribution in [3.63, 3.8) is 0 Å². The minimum atomic E-state index is -0.363. The number of aliphatic hydroxyl groups is 1. The maximum absolute atomic E-state index is 9.35. The highest BCUT2D eigenvalue weighted by atomic mass is 16.5. The Morgan fingerprint density at radius 3 is 3.00 bits per heavy atom. The number of aromatic nitrogens is 1. The van der Waals surface area contributed by atoms with Crippen LogP contribution in [0.5, 0.6) is 0 Å². The van der Waals surface area contributed by atoms with Crippen LogP contribution in [0.1, 0.15) is 13.8 Å². The molecule has 0 bridgehead atoms. The molecule has 0 aliphatic carbocycles. The zero-order chi connectivity index (χ0) is 14.3. The lowest BCUT2D eigenvalue weighted by molar-refractivity contribution is -0.101. The van der Waals surface area contributed by atoms with Gasteiger partial charge in [-0.1, -0.05) is 6.07 Å². The SMILES string of the molecule is CC1(C)CN(c2nc3c(N)cccc3o2)CC(CO)O1. The average Bonchev–Trinajstić information content (AvgIpc) is 2.82. The predicted octanol–water partition coefficient (Wildman–Crippen LogP) is 1.39. The van der Waals surface area contributed by atoms with Crippen LogP contribution in [0.3, 0.4) is 0 Å². The van der Waals surface area contributed by atoms with Crippen LogP contribution in [0.15, 0.2) is 22.6 Å². The van der Waals surface area contributed by atoms with E-state index in [-0.39, 0.29) is 18.3 Å². The maximum Gasteiger partial charge on any atom is 0.298 e. The molecule has 3 N–H and O–H groups in total. The van der Waals surface area contributed by atoms with E-state index < -0.39 is 0 Å². The number of aliphatic hydroxyl groups excluding tert-OH is 1. The Morgan fingerprint density at radius 2 is 2.30 bits per heavy atom. The Bertz CT molecular complexity index is 623. The summed E-state index contributed by atoms with van der Waals surface area (Å²) in [4.78, 5) is 6.46. The van der Waals surface area contributed by atoms with Gasteiger partial charge in [-0.3, -0.25) is 0 Å². The first-order chi connectivity index (χ1) is 9.48. The highest BCUT2D eigenvalue weighted by Crippen LogP contribution is 2.30. The number of oxazole rings is 1. The Kier molecular flexibility index (Phi) is 3.07. The van der Waals surface area contributed by atoms with Crippen molar-refractivity contribution >= 4 is 22.8 Å². The molecule has 108 valence electrons. The average molecular weight is 277 g/mol. The van der Waals surface area contributed by atoms with Crippen LogP contribution in [0.2, 0.25) is 0 Å². The topological polar surface area (TPSA) is 84.8 Å². The second kappa shape index (κ2) is 4.64. The van der Waals surface area contributed by atoms with Crippen molar-refractivity contribution < 1.29 is 14.3 Å². The van der Waals surface area contributed by atoms with E-state index in [2.05, 4.69) is 4.98 Å². The Morgan fingerprint density at radius 1 is 1.50 bits per heavy atom. The summed E-state index contributed by atoms with van der Waals surface area (Å²) in [5.74, 6) is 0. The number of nitrogens with zero attached hydrogens (tertiary/aromatic N) is 2. The lowest BCUT2D eigenvalue weighted by atomic mass is 10.1. The summed E-state index contributed by atoms with van der Waals surface area (Å²) in [5, 5.41) is 9.35. The summed E-state index contributed by atoms with van der Waals surface area (Å²) < 4.78 is 11.6. The zero-order valence-corrected chi connectivity index (χ0v) is 11.7. The monoisotopic (exact) mass is 277 g/mol. The van der Waals surface area contributed by atoms with Crippen molar-refractivity contribution in [2.24, 2.45) is 0 Å². The Hall–Kier alpha value is -1.79. The van der Waals surface area contributed by atoms with Gasteiger partial charge in [0.05, 0.1) is 37.1 Å². The normalized spacial score (nSPS) is 22.4. The van der Waals surface area contributed by atoms with E-state index in [1.54, 1.807) is 6.07 Å². The molecule has 1 fully saturated rings. The number of fused-ring (bicyclic) bond motifs is 1. The fourth-order valence-corrected chi connectivity index (χ4v) is 2.63. The van der Waals surface area contributed by atoms with E-state index in [0.29, 0.717) is 35.9 Å². The minimum absolute atomic E-state index is 0.0255. The number of rotatable bonds is 2. The molecule has 1 aromatic heterocycles. The van der Waals surface area contributed by atoms with Gasteiger partial charge in [-0.25, -0.2) is 0 Å². The van der Waals surface area contributed by atoms with Gasteiger partial charge >= 0.3 is 0 Å². The van der Waals surface area contributed by atoms with Crippen LogP contribution < -0.4 is 10.6 Å². The van der Waals surface area contributed by atoms with Gasteiger partial charge in [0.1, 0.15) is 5.52 Å². The smallest absolute Gasteiger partial charge is 0.298 e. The number of morpholine rings is 1. The second-order valence-corrected chi connectivity index (χ2v) is 5.75. The Balaban J connectivity index is 1.95. The first kappa shape index (κ1) is 13.2. The van der Waals surface area contributed by atoms with Crippen LogP contribution in [0, 0.1) is 0 Å². The highest BCUT2D eigenvalue weighted by molar-refractivity contribution is 5.86. The summed E-state index contributed by atoms with van der Waals surface area (Å²) >= 11 is 0. The van der Waals surface area contributed by atoms with Crippen LogP contribution in [0.4, 0.5) is 11.7 Å². The number of nitrogens with two attached hydrogens (primary N) is 1. The maximum atomic E-state index is 9.35. The minimum Gasteiger partial charge on any atom is -0.423 e. The third-order valence-corrected chi connectivity index (χ3v) is 3.39. The van der Waals surface area contributed by atoms with Crippen LogP contribution in [0.25, 0.3) is 11.1 Å². The number of hydrogen-bond acceptors (Lipinski definition) is 6. The van der Waals surface area contributed by atoms with Gasteiger partial charge in [-0.15, -0.1) is 0 Å². The fourth-order valence-electron chi connectivity index (χ4n) is 2.63. The number of para-hydroxylation sites is 1. The van der Waals surface area contributed by atoms with E-state index in [4.69, 9.17) is 14.9 Å². The van der Waals surface area contributed by atoms with Crippen molar-refractivity contribution in [2.75, 3.05) is 30.3 Å². The van der Waals surface area contributed by atoms with E-state index in [0.717, 1.165) is 0 Å². The zero-order valence-electron chi connectivity index (χ0n) is 11.7. The van der Waals surface area contributed by atoms with Crippen LogP contribution in [-0.2, 0) is 4.74 Å². The van der Waals surface area contributed by atoms with Crippen molar-refractivity contribution in [2.45, 2.75) is 25.6 Å². The molecule has 6 nitrogen and oxygen atoms in total. The summed E-state index contributed by atoms with van der Waals surface area (Å²) in [6.07, 6.45) is -0.244. The van der Waals surface area contributed by atoms with Crippen molar-refractivity contribution in [3.05, 3.63) is 18.2 Å². The molecule has 2 aromatic rings. The van der Waals surface area contributed by atoms with Crippen molar-refractivity contribution in [3.8, 4) is 0 Å². The molecule has 6 heteroatoms. The van der Waals surface area contributed by atoms with Gasteiger partial charge < -0.3 is 24.9 Å². The molecule has 1 aromatic carbocycles. The first-order valence-electron chi connectivity index (χ1n) is 6.67. The van der Waals surface area contributed by atoms with Gasteiger partial charge in [-0.2, -0.15) is 4.98 Å². The molecule has 0 spiro atoms. The molecule has 3 rings (SSSR count). The van der Waals surface area contributed by atoms with Gasteiger partial charge in [0.25, 0.3) is 6.01 Å². The molecule has 1 aliphatic rings. The number of nitrogen functional groups attached to an aromatic ring is 1. The van der Waals surface area contributed by atoms with E-state index in [9.17, 15) is 5.11 Å². The summed E-state index contributed by atoms with van der Waals surface area (Å²) in [6.45, 7) is 5.14. The molecular weight excluding hydrogens is 258 g/mol. The molecular formula is C14H19N3O3. The molecule has 2 heterocycles. The quantitative estimate of drug-likeness (QED) is 0.807. The van der Waals surface area contributed by atoms with Gasteiger partial charge in [0.2, 0.25) is 0 Å². The van der Waals surface area contributed by atoms with Crippen molar-refractivity contribution in [1.82, 2.24) is 4.98 Å². The molecule has 1 atom stereocenters. The molecule has 1 saturated heterocycles. The first-order valence-corrected chi connectivity index (χ1v) is 6.67. The van der Waals surface area contributed by atoms with E-state index in [1.807, 2.05) is 30.9 Å². The summed E-state index contributed by atoms with van der Waals surface area (Å²) in [6, 6.07) is 6.01. The van der Waals surface area contributed by atoms with E-state index >= 15 is 0 Å². The third kappa shape index (κ3) is 2.32. The molecule has 1 aliphatic heterocycles. The van der Waals surface area contributed by atoms with Crippen molar-refractivity contribution in [1.29, 1.82) is 0 Å². The fraction of sp³-hybridized carbons (Fsp3) is 0.500. The molecule has 0 amide bonds. The summed E-state index contributed by atoms with van der Waals surface area (Å²) in [7, 11) is 0. The number of anilines is 2. The third-order valence-electron chi connectivity index (χ3n) is 3.39. The number of benzene rings is 1. The predicted molar refractivity (Wildman–Crippen MR) is 76.7 cm³/mol. The lowest BCUT2D eigenvalue weighted by Crippen LogP contribution is -2.54. The summed E-state index contributed by atoms with van der Waals surface area (Å²) in [5.41, 5.74) is 7.48. The largest absolute Gasteiger partial charge is 0.423 e. The van der Waals surface area contributed by atoms with Gasteiger partial charge in [0.15, 0.2) is 5.58 Å². The van der Waals surface area contributed by atoms with Gasteiger partial charge in [-0.05, 0) is 26.0 Å². The number of hydrogen-bond donors (Lipinski definition) is 2. The molecule has 0 radical (unpaired) electrons. The molecule has 0 saturated carbocycles. The van der Waals surface area contributed by atoms with Crippen LogP contribution in [-0.4, -0.2) is 41.5 Å². The second-order valence-electron chi connectivity index (χ2n) is 5.75. The lowest BCUT2D eigenvalue weighted by Gasteiger charge is -2.41. The highest BCUT2D eigenvalue weighted by Gasteiger charge is 2.35. The van der Waals surface area contributed by atoms with Gasteiger partial charge in [0, 0.05) is 0 Å². The molecule has 1 unspecified atom stereocenters. The molecule has 20 heavy (non-hydrogen) atoms. The van der Waals surface area contributed by atoms with E-state index in [1.165, 1.54) is 0 Å². The standard InChI is InChI=1S/C14H19N3O3/c1-14(2)8-17(6-9(7-18)20-14)13-16-12-10(15)4-3-5-11(12)19-13/h3-5,9,18H,6-8,15H2,1-2H3. The number of ether oxygens (including phenoxy) is 1. The Labute approximate surface area is 117 Å².